The first-order valence-corrected chi connectivity index (χ1v) is 8.52. The molecule has 1 aliphatic heterocycles. The molecule has 0 radical (unpaired) electrons. The fourth-order valence-corrected chi connectivity index (χ4v) is 3.27. The Morgan fingerprint density at radius 2 is 1.71 bits per heavy atom. The third-order valence-corrected chi connectivity index (χ3v) is 4.77. The van der Waals surface area contributed by atoms with Crippen molar-refractivity contribution in [1.29, 1.82) is 0 Å². The summed E-state index contributed by atoms with van der Waals surface area (Å²) in [5, 5.41) is 6.97. The van der Waals surface area contributed by atoms with Crippen LogP contribution in [0.2, 0.25) is 0 Å². The van der Waals surface area contributed by atoms with Crippen molar-refractivity contribution in [2.24, 2.45) is 0 Å². The summed E-state index contributed by atoms with van der Waals surface area (Å²) in [6.07, 6.45) is 1.92. The SMILES string of the molecule is Fc1ccc(NC(=S)NCC2(c3ccccc3)CCOCC2)cc1. The van der Waals surface area contributed by atoms with Crippen molar-refractivity contribution in [3.63, 3.8) is 0 Å². The van der Waals surface area contributed by atoms with Crippen LogP contribution in [0.1, 0.15) is 18.4 Å². The van der Waals surface area contributed by atoms with Crippen molar-refractivity contribution in [1.82, 2.24) is 5.32 Å². The highest BCUT2D eigenvalue weighted by Gasteiger charge is 2.34. The van der Waals surface area contributed by atoms with E-state index in [0.717, 1.165) is 38.3 Å². The Balaban J connectivity index is 1.65. The number of halogens is 1. The molecule has 0 unspecified atom stereocenters. The highest BCUT2D eigenvalue weighted by atomic mass is 32.1. The quantitative estimate of drug-likeness (QED) is 0.825. The third-order valence-electron chi connectivity index (χ3n) is 4.53. The molecule has 126 valence electrons. The van der Waals surface area contributed by atoms with E-state index in [-0.39, 0.29) is 11.2 Å². The van der Waals surface area contributed by atoms with Crippen LogP contribution in [0, 0.1) is 5.82 Å². The lowest BCUT2D eigenvalue weighted by Crippen LogP contribution is -2.45. The predicted molar refractivity (Wildman–Crippen MR) is 98.8 cm³/mol. The van der Waals surface area contributed by atoms with Crippen LogP contribution in [0.15, 0.2) is 54.6 Å². The first kappa shape index (κ1) is 16.9. The van der Waals surface area contributed by atoms with Gasteiger partial charge in [-0.1, -0.05) is 30.3 Å². The lowest BCUT2D eigenvalue weighted by Gasteiger charge is -2.38. The fourth-order valence-electron chi connectivity index (χ4n) is 3.08. The summed E-state index contributed by atoms with van der Waals surface area (Å²) in [4.78, 5) is 0. The molecule has 0 atom stereocenters. The molecule has 0 aliphatic carbocycles. The van der Waals surface area contributed by atoms with Crippen LogP contribution in [0.5, 0.6) is 0 Å². The number of thiocarbonyl (C=S) groups is 1. The zero-order valence-corrected chi connectivity index (χ0v) is 14.2. The Labute approximate surface area is 147 Å². The first-order chi connectivity index (χ1) is 11.7. The second-order valence-electron chi connectivity index (χ2n) is 6.07. The van der Waals surface area contributed by atoms with Crippen molar-refractivity contribution in [3.05, 3.63) is 66.0 Å². The number of hydrogen-bond donors (Lipinski definition) is 2. The lowest BCUT2D eigenvalue weighted by atomic mass is 9.74. The predicted octanol–water partition coefficient (Wildman–Crippen LogP) is 3.86. The molecule has 3 nitrogen and oxygen atoms in total. The fraction of sp³-hybridized carbons (Fsp3) is 0.316. The van der Waals surface area contributed by atoms with Crippen molar-refractivity contribution >= 4 is 23.0 Å². The lowest BCUT2D eigenvalue weighted by molar-refractivity contribution is 0.0515. The van der Waals surface area contributed by atoms with E-state index in [1.807, 2.05) is 6.07 Å². The van der Waals surface area contributed by atoms with E-state index in [2.05, 4.69) is 34.9 Å². The zero-order chi connectivity index (χ0) is 16.8. The molecule has 2 N–H and O–H groups in total. The van der Waals surface area contributed by atoms with Crippen LogP contribution in [0.25, 0.3) is 0 Å². The number of rotatable bonds is 4. The highest BCUT2D eigenvalue weighted by molar-refractivity contribution is 7.80. The van der Waals surface area contributed by atoms with Gasteiger partial charge >= 0.3 is 0 Å². The van der Waals surface area contributed by atoms with Gasteiger partial charge in [0.2, 0.25) is 0 Å². The Bertz CT molecular complexity index is 670. The van der Waals surface area contributed by atoms with Gasteiger partial charge in [-0.3, -0.25) is 0 Å². The van der Waals surface area contributed by atoms with Crippen LogP contribution in [0.4, 0.5) is 10.1 Å². The molecule has 3 rings (SSSR count). The van der Waals surface area contributed by atoms with Crippen LogP contribution < -0.4 is 10.6 Å². The molecule has 2 aromatic rings. The molecule has 0 bridgehead atoms. The molecule has 0 amide bonds. The van der Waals surface area contributed by atoms with E-state index in [1.165, 1.54) is 17.7 Å². The van der Waals surface area contributed by atoms with E-state index >= 15 is 0 Å². The summed E-state index contributed by atoms with van der Waals surface area (Å²) in [5.74, 6) is -0.260. The molecule has 1 heterocycles. The molecule has 1 aliphatic rings. The van der Waals surface area contributed by atoms with Gasteiger partial charge in [0.05, 0.1) is 0 Å². The number of hydrogen-bond acceptors (Lipinski definition) is 2. The second kappa shape index (κ2) is 7.73. The Kier molecular flexibility index (Phi) is 5.43. The maximum Gasteiger partial charge on any atom is 0.170 e. The minimum Gasteiger partial charge on any atom is -0.381 e. The summed E-state index contributed by atoms with van der Waals surface area (Å²) >= 11 is 5.39. The van der Waals surface area contributed by atoms with Gasteiger partial charge in [0.1, 0.15) is 5.82 Å². The van der Waals surface area contributed by atoms with Gasteiger partial charge in [-0.25, -0.2) is 4.39 Å². The molecular weight excluding hydrogens is 323 g/mol. The van der Waals surface area contributed by atoms with Crippen LogP contribution in [0.3, 0.4) is 0 Å². The Hall–Kier alpha value is -1.98. The zero-order valence-electron chi connectivity index (χ0n) is 13.4. The normalized spacial score (nSPS) is 16.4. The van der Waals surface area contributed by atoms with E-state index < -0.39 is 0 Å². The van der Waals surface area contributed by atoms with E-state index in [9.17, 15) is 4.39 Å². The maximum atomic E-state index is 13.0. The molecule has 0 aromatic heterocycles. The van der Waals surface area contributed by atoms with Crippen LogP contribution >= 0.6 is 12.2 Å². The smallest absolute Gasteiger partial charge is 0.170 e. The average Bonchev–Trinajstić information content (AvgIpc) is 2.63. The maximum absolute atomic E-state index is 13.0. The standard InChI is InChI=1S/C19H21FN2OS/c20-16-6-8-17(9-7-16)22-18(24)21-14-19(10-12-23-13-11-19)15-4-2-1-3-5-15/h1-9H,10-14H2,(H2,21,22,24). The largest absolute Gasteiger partial charge is 0.381 e. The van der Waals surface area contributed by atoms with Gasteiger partial charge in [0.15, 0.2) is 5.11 Å². The Morgan fingerprint density at radius 3 is 2.38 bits per heavy atom. The second-order valence-corrected chi connectivity index (χ2v) is 6.48. The average molecular weight is 344 g/mol. The summed E-state index contributed by atoms with van der Waals surface area (Å²) in [7, 11) is 0. The summed E-state index contributed by atoms with van der Waals surface area (Å²) < 4.78 is 18.5. The molecule has 0 saturated carbocycles. The van der Waals surface area contributed by atoms with Crippen LogP contribution in [-0.4, -0.2) is 24.9 Å². The van der Waals surface area contributed by atoms with Crippen molar-refractivity contribution in [3.8, 4) is 0 Å². The number of ether oxygens (including phenoxy) is 1. The third kappa shape index (κ3) is 4.10. The van der Waals surface area contributed by atoms with Crippen molar-refractivity contribution < 1.29 is 9.13 Å². The van der Waals surface area contributed by atoms with Gasteiger partial charge in [0, 0.05) is 30.9 Å². The van der Waals surface area contributed by atoms with E-state index in [1.54, 1.807) is 12.1 Å². The molecule has 1 fully saturated rings. The Morgan fingerprint density at radius 1 is 1.04 bits per heavy atom. The monoisotopic (exact) mass is 344 g/mol. The van der Waals surface area contributed by atoms with E-state index in [4.69, 9.17) is 17.0 Å². The molecule has 2 aromatic carbocycles. The summed E-state index contributed by atoms with van der Waals surface area (Å²) in [6.45, 7) is 2.26. The molecule has 5 heteroatoms. The molecule has 1 saturated heterocycles. The minimum atomic E-state index is -0.260. The van der Waals surface area contributed by atoms with Crippen molar-refractivity contribution in [2.45, 2.75) is 18.3 Å². The van der Waals surface area contributed by atoms with Crippen LogP contribution in [-0.2, 0) is 10.2 Å². The van der Waals surface area contributed by atoms with Gasteiger partial charge in [-0.15, -0.1) is 0 Å². The summed E-state index contributed by atoms with van der Waals surface area (Å²) in [6, 6.07) is 16.7. The van der Waals surface area contributed by atoms with Gasteiger partial charge in [0.25, 0.3) is 0 Å². The number of benzene rings is 2. The number of nitrogens with one attached hydrogen (secondary N) is 2. The van der Waals surface area contributed by atoms with Gasteiger partial charge in [-0.2, -0.15) is 0 Å². The molecular formula is C19H21FN2OS. The molecule has 24 heavy (non-hydrogen) atoms. The van der Waals surface area contributed by atoms with E-state index in [0.29, 0.717) is 5.11 Å². The molecule has 0 spiro atoms. The summed E-state index contributed by atoms with van der Waals surface area (Å²) in [5.41, 5.74) is 2.11. The van der Waals surface area contributed by atoms with Crippen molar-refractivity contribution in [2.75, 3.05) is 25.1 Å². The highest BCUT2D eigenvalue weighted by Crippen LogP contribution is 2.34. The van der Waals surface area contributed by atoms with Gasteiger partial charge in [-0.05, 0) is 54.9 Å². The topological polar surface area (TPSA) is 33.3 Å². The van der Waals surface area contributed by atoms with Gasteiger partial charge < -0.3 is 15.4 Å². The minimum absolute atomic E-state index is 0.0219. The number of anilines is 1. The first-order valence-electron chi connectivity index (χ1n) is 8.12.